The number of nitrogens with zero attached hydrogens (tertiary/aromatic N) is 4. The van der Waals surface area contributed by atoms with Gasteiger partial charge in [-0.15, -0.1) is 19.7 Å². The SMILES string of the molecule is CC.CC.CC1C[N-]C1c1cc(-c2cnc(N)c(OC(F)(F)F)c2)nn1C(C)C.[CH-]1COC1.[U+2]. The minimum absolute atomic E-state index is 0. The second kappa shape index (κ2) is 15.7. The van der Waals surface area contributed by atoms with Gasteiger partial charge in [-0.2, -0.15) is 5.10 Å². The predicted molar refractivity (Wildman–Crippen MR) is 125 cm³/mol. The summed E-state index contributed by atoms with van der Waals surface area (Å²) in [6.07, 6.45) is -1.37. The molecule has 0 saturated carbocycles. The Hall–Kier alpha value is -1.28. The molecule has 2 N–H and O–H groups in total. The summed E-state index contributed by atoms with van der Waals surface area (Å²) in [7, 11) is 0. The quantitative estimate of drug-likeness (QED) is 0.375. The fourth-order valence-corrected chi connectivity index (χ4v) is 2.91. The van der Waals surface area contributed by atoms with Gasteiger partial charge in [0.05, 0.1) is 5.69 Å². The largest absolute Gasteiger partial charge is 2.00 e. The van der Waals surface area contributed by atoms with Gasteiger partial charge in [0.25, 0.3) is 0 Å². The Morgan fingerprint density at radius 2 is 1.76 bits per heavy atom. The van der Waals surface area contributed by atoms with Gasteiger partial charge in [-0.05, 0) is 26.0 Å². The van der Waals surface area contributed by atoms with Gasteiger partial charge in [-0.1, -0.05) is 59.8 Å². The maximum atomic E-state index is 12.5. The number of ether oxygens (including phenoxy) is 2. The van der Waals surface area contributed by atoms with Crippen molar-refractivity contribution in [1.82, 2.24) is 14.8 Å². The molecule has 4 rings (SSSR count). The summed E-state index contributed by atoms with van der Waals surface area (Å²) in [5.74, 6) is -0.449. The first-order valence-corrected chi connectivity index (χ1v) is 11.3. The summed E-state index contributed by atoms with van der Waals surface area (Å²) in [5.41, 5.74) is 7.34. The van der Waals surface area contributed by atoms with Gasteiger partial charge in [0.15, 0.2) is 11.6 Å². The fraction of sp³-hybridized carbons (Fsp3) is 0.609. The zero-order valence-corrected chi connectivity index (χ0v) is 25.1. The van der Waals surface area contributed by atoms with Gasteiger partial charge in [-0.25, -0.2) is 4.98 Å². The van der Waals surface area contributed by atoms with Crippen molar-refractivity contribution in [2.45, 2.75) is 66.9 Å². The topological polar surface area (TPSA) is 89.3 Å². The number of anilines is 1. The van der Waals surface area contributed by atoms with Crippen LogP contribution in [0.4, 0.5) is 19.0 Å². The molecule has 0 radical (unpaired) electrons. The van der Waals surface area contributed by atoms with Crippen LogP contribution in [-0.4, -0.2) is 40.9 Å². The number of hydrogen-bond donors (Lipinski definition) is 1. The van der Waals surface area contributed by atoms with E-state index in [0.717, 1.165) is 25.5 Å². The maximum Gasteiger partial charge on any atom is 2.00 e. The van der Waals surface area contributed by atoms with Gasteiger partial charge < -0.3 is 20.5 Å². The smallest absolute Gasteiger partial charge is 0.654 e. The van der Waals surface area contributed by atoms with Crippen LogP contribution in [0, 0.1) is 43.5 Å². The molecule has 0 bridgehead atoms. The van der Waals surface area contributed by atoms with Crippen molar-refractivity contribution in [1.29, 1.82) is 0 Å². The molecule has 2 aliphatic heterocycles. The zero-order valence-electron chi connectivity index (χ0n) is 21.0. The van der Waals surface area contributed by atoms with Crippen molar-refractivity contribution in [2.75, 3.05) is 25.5 Å². The Morgan fingerprint density at radius 1 is 1.21 bits per heavy atom. The first-order chi connectivity index (χ1) is 15.7. The van der Waals surface area contributed by atoms with E-state index in [1.807, 2.05) is 52.3 Å². The third kappa shape index (κ3) is 9.40. The van der Waals surface area contributed by atoms with Crippen molar-refractivity contribution >= 4 is 5.82 Å². The molecule has 0 aromatic carbocycles. The molecular weight excluding hydrogens is 673 g/mol. The van der Waals surface area contributed by atoms with E-state index in [4.69, 9.17) is 5.73 Å². The van der Waals surface area contributed by atoms with Crippen molar-refractivity contribution in [3.63, 3.8) is 0 Å². The van der Waals surface area contributed by atoms with E-state index in [1.54, 1.807) is 0 Å². The number of nitrogen functional groups attached to an aromatic ring is 1. The van der Waals surface area contributed by atoms with Crippen LogP contribution in [0.25, 0.3) is 16.6 Å². The fourth-order valence-electron chi connectivity index (χ4n) is 2.91. The Morgan fingerprint density at radius 3 is 2.15 bits per heavy atom. The van der Waals surface area contributed by atoms with Crippen LogP contribution in [0.2, 0.25) is 0 Å². The Labute approximate surface area is 224 Å². The Kier molecular flexibility index (Phi) is 15.1. The molecule has 2 aliphatic rings. The summed E-state index contributed by atoms with van der Waals surface area (Å²) < 4.78 is 47.9. The molecule has 2 unspecified atom stereocenters. The molecule has 2 saturated heterocycles. The molecule has 2 aromatic rings. The van der Waals surface area contributed by atoms with Gasteiger partial charge in [-0.3, -0.25) is 11.1 Å². The van der Waals surface area contributed by atoms with Crippen molar-refractivity contribution < 1.29 is 53.8 Å². The summed E-state index contributed by atoms with van der Waals surface area (Å²) in [4.78, 5) is 3.80. The second-order valence-corrected chi connectivity index (χ2v) is 7.26. The zero-order chi connectivity index (χ0) is 25.2. The van der Waals surface area contributed by atoms with E-state index in [9.17, 15) is 13.2 Å². The summed E-state index contributed by atoms with van der Waals surface area (Å²) in [6.45, 7) is 16.6. The molecule has 0 spiro atoms. The number of nitrogens with two attached hydrogens (primary N) is 1. The molecule has 2 atom stereocenters. The normalized spacial score (nSPS) is 18.3. The van der Waals surface area contributed by atoms with E-state index in [1.165, 1.54) is 12.3 Å². The van der Waals surface area contributed by atoms with Gasteiger partial charge in [0.2, 0.25) is 0 Å². The first kappa shape index (κ1) is 32.7. The Balaban J connectivity index is 0.00000105. The monoisotopic (exact) mass is 709 g/mol. The number of aromatic nitrogens is 3. The number of hydrogen-bond acceptors (Lipinski definition) is 5. The molecule has 11 heteroatoms. The Bertz CT molecular complexity index is 838. The summed E-state index contributed by atoms with van der Waals surface area (Å²) in [5, 5.41) is 9.00. The first-order valence-electron chi connectivity index (χ1n) is 11.3. The van der Waals surface area contributed by atoms with Crippen molar-refractivity contribution in [3.8, 4) is 17.0 Å². The van der Waals surface area contributed by atoms with Crippen LogP contribution in [-0.2, 0) is 4.74 Å². The summed E-state index contributed by atoms with van der Waals surface area (Å²) in [6, 6.07) is 3.19. The number of rotatable bonds is 4. The minimum atomic E-state index is -4.84. The molecule has 4 heterocycles. The molecule has 34 heavy (non-hydrogen) atoms. The molecule has 2 fully saturated rings. The van der Waals surface area contributed by atoms with Crippen LogP contribution < -0.4 is 10.5 Å². The maximum absolute atomic E-state index is 12.5. The van der Waals surface area contributed by atoms with Crippen LogP contribution in [0.15, 0.2) is 18.3 Å². The predicted octanol–water partition coefficient (Wildman–Crippen LogP) is 6.34. The number of alkyl halides is 3. The van der Waals surface area contributed by atoms with E-state index >= 15 is 0 Å². The van der Waals surface area contributed by atoms with Crippen molar-refractivity contribution in [3.05, 3.63) is 35.8 Å². The standard InChI is InChI=1S/C16H19F3N5O.C3H5O.2C2H6.U/c1-8(2)24-12(14-9(3)6-21-14)5-11(23-24)10-4-13(15(20)22-7-10)25-16(17,18)19;1-2-4-3-1;2*1-2;/h4-5,7-9,14H,6H2,1-3H3,(H2,20,22);1H,2-3H2;2*1-2H3;/q2*-1;;;+2. The van der Waals surface area contributed by atoms with Gasteiger partial charge in [0.1, 0.15) is 0 Å². The van der Waals surface area contributed by atoms with E-state index in [-0.39, 0.29) is 49.0 Å². The number of halogens is 3. The second-order valence-electron chi connectivity index (χ2n) is 7.26. The molecule has 190 valence electrons. The van der Waals surface area contributed by atoms with Crippen LogP contribution in [0.5, 0.6) is 5.75 Å². The van der Waals surface area contributed by atoms with E-state index < -0.39 is 12.1 Å². The summed E-state index contributed by atoms with van der Waals surface area (Å²) >= 11 is 0. The number of pyridine rings is 1. The third-order valence-corrected chi connectivity index (χ3v) is 4.56. The van der Waals surface area contributed by atoms with Crippen LogP contribution in [0.3, 0.4) is 0 Å². The molecule has 2 aromatic heterocycles. The average molecular weight is 710 g/mol. The minimum Gasteiger partial charge on any atom is -0.654 e. The van der Waals surface area contributed by atoms with Crippen LogP contribution >= 0.6 is 0 Å². The van der Waals surface area contributed by atoms with E-state index in [0.29, 0.717) is 17.2 Å². The van der Waals surface area contributed by atoms with Gasteiger partial charge >= 0.3 is 37.5 Å². The van der Waals surface area contributed by atoms with Crippen molar-refractivity contribution in [2.24, 2.45) is 5.92 Å². The third-order valence-electron chi connectivity index (χ3n) is 4.56. The van der Waals surface area contributed by atoms with E-state index in [2.05, 4.69) is 38.2 Å². The molecular formula is C23H36F3N5O2U. The van der Waals surface area contributed by atoms with Crippen LogP contribution in [0.1, 0.15) is 66.2 Å². The molecule has 0 amide bonds. The molecule has 0 aliphatic carbocycles. The van der Waals surface area contributed by atoms with Gasteiger partial charge in [0, 0.05) is 23.5 Å². The molecule has 7 nitrogen and oxygen atoms in total. The average Bonchev–Trinajstić information content (AvgIpc) is 3.14.